The van der Waals surface area contributed by atoms with Gasteiger partial charge in [0.1, 0.15) is 11.6 Å². The first-order chi connectivity index (χ1) is 16.5. The predicted octanol–water partition coefficient (Wildman–Crippen LogP) is 1.07. The highest BCUT2D eigenvalue weighted by atomic mass is 16.6. The molecule has 4 N–H and O–H groups in total. The second-order valence-corrected chi connectivity index (χ2v) is 10.1. The molecule has 1 unspecified atom stereocenters. The number of amides is 4. The first-order valence-electron chi connectivity index (χ1n) is 12.1. The van der Waals surface area contributed by atoms with Crippen molar-refractivity contribution in [1.82, 2.24) is 20.9 Å². The van der Waals surface area contributed by atoms with E-state index in [9.17, 15) is 24.3 Å². The van der Waals surface area contributed by atoms with Crippen LogP contribution < -0.4 is 16.0 Å². The Labute approximate surface area is 205 Å². The molecule has 1 aromatic rings. The number of hydrogen-bond donors (Lipinski definition) is 4. The van der Waals surface area contributed by atoms with Gasteiger partial charge in [0.2, 0.25) is 11.8 Å². The van der Waals surface area contributed by atoms with Crippen LogP contribution in [0.3, 0.4) is 0 Å². The summed E-state index contributed by atoms with van der Waals surface area (Å²) in [5.74, 6) is -1.72. The van der Waals surface area contributed by atoms with Crippen LogP contribution in [0, 0.1) is 5.92 Å². The second kappa shape index (κ2) is 11.5. The smallest absolute Gasteiger partial charge is 0.410 e. The summed E-state index contributed by atoms with van der Waals surface area (Å²) >= 11 is 0. The number of carbonyl (C=O) groups excluding carboxylic acids is 4. The van der Waals surface area contributed by atoms with Gasteiger partial charge in [-0.3, -0.25) is 19.3 Å². The van der Waals surface area contributed by atoms with Gasteiger partial charge in [0.25, 0.3) is 5.91 Å². The van der Waals surface area contributed by atoms with Gasteiger partial charge in [0.05, 0.1) is 6.04 Å². The van der Waals surface area contributed by atoms with Crippen molar-refractivity contribution in [2.75, 3.05) is 13.1 Å². The molecule has 0 spiro atoms. The van der Waals surface area contributed by atoms with Crippen LogP contribution in [0.2, 0.25) is 0 Å². The third-order valence-electron chi connectivity index (χ3n) is 6.17. The number of nitrogens with zero attached hydrogens (tertiary/aromatic N) is 1. The largest absolute Gasteiger partial charge is 0.444 e. The zero-order valence-corrected chi connectivity index (χ0v) is 20.6. The maximum Gasteiger partial charge on any atom is 0.410 e. The van der Waals surface area contributed by atoms with Crippen LogP contribution >= 0.6 is 0 Å². The average molecular weight is 489 g/mol. The summed E-state index contributed by atoms with van der Waals surface area (Å²) in [5, 5.41) is 19.0. The van der Waals surface area contributed by atoms with E-state index >= 15 is 0 Å². The number of ether oxygens (including phenoxy) is 1. The van der Waals surface area contributed by atoms with Gasteiger partial charge in [0, 0.05) is 25.6 Å². The summed E-state index contributed by atoms with van der Waals surface area (Å²) in [5.41, 5.74) is 0.161. The Morgan fingerprint density at radius 3 is 2.54 bits per heavy atom. The van der Waals surface area contributed by atoms with Gasteiger partial charge in [0.15, 0.2) is 6.10 Å². The molecule has 2 aliphatic rings. The maximum atomic E-state index is 13.2. The van der Waals surface area contributed by atoms with E-state index in [0.717, 1.165) is 5.56 Å². The Balaban J connectivity index is 1.68. The number of benzene rings is 1. The van der Waals surface area contributed by atoms with Crippen molar-refractivity contribution in [2.24, 2.45) is 5.92 Å². The lowest BCUT2D eigenvalue weighted by Gasteiger charge is -2.30. The molecule has 0 saturated carbocycles. The standard InChI is InChI=1S/C25H36N4O6/c1-25(2,3)35-24(34)29-13-7-10-19(29)22(32)28-18(14-17-11-12-26-21(17)31)20(30)23(33)27-15-16-8-5-4-6-9-16/h4-6,8-9,17-20,30H,7,10-15H2,1-3H3,(H,26,31)(H,27,33)(H,28,32)/t17-,18-,19-,20?/m0/s1. The molecule has 2 heterocycles. The molecule has 2 aliphatic heterocycles. The minimum absolute atomic E-state index is 0.108. The summed E-state index contributed by atoms with van der Waals surface area (Å²) in [4.78, 5) is 52.1. The molecule has 0 aliphatic carbocycles. The molecule has 1 aromatic carbocycles. The van der Waals surface area contributed by atoms with Gasteiger partial charge >= 0.3 is 6.09 Å². The first kappa shape index (κ1) is 26.5. The monoisotopic (exact) mass is 488 g/mol. The molecule has 4 amide bonds. The van der Waals surface area contributed by atoms with E-state index in [0.29, 0.717) is 32.4 Å². The molecule has 2 fully saturated rings. The molecule has 4 atom stereocenters. The van der Waals surface area contributed by atoms with Crippen LogP contribution in [-0.2, 0) is 25.7 Å². The highest BCUT2D eigenvalue weighted by Crippen LogP contribution is 2.23. The van der Waals surface area contributed by atoms with Crippen molar-refractivity contribution in [3.8, 4) is 0 Å². The van der Waals surface area contributed by atoms with E-state index in [1.54, 1.807) is 20.8 Å². The van der Waals surface area contributed by atoms with Gasteiger partial charge < -0.3 is 25.8 Å². The Bertz CT molecular complexity index is 916. The summed E-state index contributed by atoms with van der Waals surface area (Å²) in [7, 11) is 0. The maximum absolute atomic E-state index is 13.2. The van der Waals surface area contributed by atoms with Crippen molar-refractivity contribution in [3.05, 3.63) is 35.9 Å². The molecule has 10 heteroatoms. The molecular formula is C25H36N4O6. The SMILES string of the molecule is CC(C)(C)OC(=O)N1CCC[C@H]1C(=O)N[C@@H](C[C@@H]1CCNC1=O)C(O)C(=O)NCc1ccccc1. The summed E-state index contributed by atoms with van der Waals surface area (Å²) in [6.07, 6.45) is -0.408. The summed E-state index contributed by atoms with van der Waals surface area (Å²) in [6, 6.07) is 7.48. The van der Waals surface area contributed by atoms with Gasteiger partial charge in [-0.25, -0.2) is 4.79 Å². The lowest BCUT2D eigenvalue weighted by Crippen LogP contribution is -2.56. The third-order valence-corrected chi connectivity index (χ3v) is 6.17. The fourth-order valence-corrected chi connectivity index (χ4v) is 4.37. The number of aliphatic hydroxyl groups is 1. The van der Waals surface area contributed by atoms with Crippen LogP contribution in [0.1, 0.15) is 52.0 Å². The quantitative estimate of drug-likeness (QED) is 0.432. The van der Waals surface area contributed by atoms with E-state index in [2.05, 4.69) is 16.0 Å². The third kappa shape index (κ3) is 7.42. The van der Waals surface area contributed by atoms with Crippen LogP contribution in [0.15, 0.2) is 30.3 Å². The zero-order valence-electron chi connectivity index (χ0n) is 20.6. The molecule has 0 aromatic heterocycles. The highest BCUT2D eigenvalue weighted by molar-refractivity contribution is 5.88. The van der Waals surface area contributed by atoms with Crippen molar-refractivity contribution < 1.29 is 29.0 Å². The van der Waals surface area contributed by atoms with E-state index in [1.807, 2.05) is 30.3 Å². The molecule has 3 rings (SSSR count). The van der Waals surface area contributed by atoms with Crippen molar-refractivity contribution in [3.63, 3.8) is 0 Å². The topological polar surface area (TPSA) is 137 Å². The van der Waals surface area contributed by atoms with Gasteiger partial charge in [-0.05, 0) is 52.0 Å². The fourth-order valence-electron chi connectivity index (χ4n) is 4.37. The molecular weight excluding hydrogens is 452 g/mol. The molecule has 0 bridgehead atoms. The van der Waals surface area contributed by atoms with Gasteiger partial charge in [-0.1, -0.05) is 30.3 Å². The van der Waals surface area contributed by atoms with Crippen molar-refractivity contribution >= 4 is 23.8 Å². The second-order valence-electron chi connectivity index (χ2n) is 10.1. The lowest BCUT2D eigenvalue weighted by atomic mass is 9.94. The Kier molecular flexibility index (Phi) is 8.71. The predicted molar refractivity (Wildman–Crippen MR) is 128 cm³/mol. The van der Waals surface area contributed by atoms with Gasteiger partial charge in [-0.2, -0.15) is 0 Å². The van der Waals surface area contributed by atoms with Crippen LogP contribution in [0.4, 0.5) is 4.79 Å². The molecule has 10 nitrogen and oxygen atoms in total. The molecule has 35 heavy (non-hydrogen) atoms. The Morgan fingerprint density at radius 2 is 1.91 bits per heavy atom. The highest BCUT2D eigenvalue weighted by Gasteiger charge is 2.40. The fraction of sp³-hybridized carbons (Fsp3) is 0.600. The minimum atomic E-state index is -1.56. The number of rotatable bonds is 8. The number of likely N-dealkylation sites (tertiary alicyclic amines) is 1. The number of hydrogen-bond acceptors (Lipinski definition) is 6. The van der Waals surface area contributed by atoms with Crippen molar-refractivity contribution in [1.29, 1.82) is 0 Å². The summed E-state index contributed by atoms with van der Waals surface area (Å²) < 4.78 is 5.43. The molecule has 0 radical (unpaired) electrons. The van der Waals surface area contributed by atoms with E-state index < -0.39 is 47.6 Å². The Morgan fingerprint density at radius 1 is 1.20 bits per heavy atom. The summed E-state index contributed by atoms with van der Waals surface area (Å²) in [6.45, 7) is 6.37. The van der Waals surface area contributed by atoms with Crippen LogP contribution in [0.5, 0.6) is 0 Å². The Hall–Kier alpha value is -3.14. The minimum Gasteiger partial charge on any atom is -0.444 e. The normalized spacial score (nSPS) is 21.7. The van der Waals surface area contributed by atoms with Crippen LogP contribution in [-0.4, -0.2) is 70.7 Å². The average Bonchev–Trinajstić information content (AvgIpc) is 3.45. The number of aliphatic hydroxyl groups excluding tert-OH is 1. The molecule has 2 saturated heterocycles. The van der Waals surface area contributed by atoms with E-state index in [1.165, 1.54) is 4.90 Å². The number of carbonyl (C=O) groups is 4. The first-order valence-corrected chi connectivity index (χ1v) is 12.1. The van der Waals surface area contributed by atoms with Crippen molar-refractivity contribution in [2.45, 2.75) is 76.8 Å². The van der Waals surface area contributed by atoms with Gasteiger partial charge in [-0.15, -0.1) is 0 Å². The van der Waals surface area contributed by atoms with Crippen LogP contribution in [0.25, 0.3) is 0 Å². The zero-order chi connectivity index (χ0) is 25.6. The molecule has 192 valence electrons. The number of nitrogens with one attached hydrogen (secondary N) is 3. The van der Waals surface area contributed by atoms with E-state index in [-0.39, 0.29) is 18.9 Å². The lowest BCUT2D eigenvalue weighted by molar-refractivity contribution is -0.135. The van der Waals surface area contributed by atoms with E-state index in [4.69, 9.17) is 4.74 Å².